The molecule has 94 valence electrons. The van der Waals surface area contributed by atoms with Crippen LogP contribution in [0.1, 0.15) is 40.5 Å². The summed E-state index contributed by atoms with van der Waals surface area (Å²) in [5.41, 5.74) is 0.254. The van der Waals surface area contributed by atoms with Crippen LogP contribution in [0.15, 0.2) is 12.7 Å². The van der Waals surface area contributed by atoms with Gasteiger partial charge in [-0.2, -0.15) is 0 Å². The van der Waals surface area contributed by atoms with E-state index in [9.17, 15) is 0 Å². The van der Waals surface area contributed by atoms with Gasteiger partial charge in [0.2, 0.25) is 0 Å². The molecule has 2 unspecified atom stereocenters. The van der Waals surface area contributed by atoms with Gasteiger partial charge in [0, 0.05) is 18.1 Å². The summed E-state index contributed by atoms with van der Waals surface area (Å²) in [6.07, 6.45) is 4.76. The summed E-state index contributed by atoms with van der Waals surface area (Å²) in [7, 11) is 0. The monoisotopic (exact) mass is 224 g/mol. The van der Waals surface area contributed by atoms with Gasteiger partial charge in [-0.05, 0) is 52.6 Å². The first-order chi connectivity index (χ1) is 7.50. The predicted molar refractivity (Wildman–Crippen MR) is 71.7 cm³/mol. The zero-order valence-electron chi connectivity index (χ0n) is 11.4. The quantitative estimate of drug-likeness (QED) is 0.698. The standard InChI is InChI=1S/C14H28N2/c1-6-10-16(14(3,4)5)13-9-8-12(13)11-15-7-2/h6,12-13,15H,1,7-11H2,2-5H3. The van der Waals surface area contributed by atoms with Crippen molar-refractivity contribution in [3.63, 3.8) is 0 Å². The molecule has 1 N–H and O–H groups in total. The van der Waals surface area contributed by atoms with Crippen LogP contribution in [-0.2, 0) is 0 Å². The van der Waals surface area contributed by atoms with Crippen molar-refractivity contribution in [2.75, 3.05) is 19.6 Å². The first kappa shape index (κ1) is 13.7. The summed E-state index contributed by atoms with van der Waals surface area (Å²) in [4.78, 5) is 2.60. The Morgan fingerprint density at radius 1 is 1.38 bits per heavy atom. The molecule has 1 fully saturated rings. The van der Waals surface area contributed by atoms with Gasteiger partial charge >= 0.3 is 0 Å². The lowest BCUT2D eigenvalue weighted by atomic mass is 9.76. The van der Waals surface area contributed by atoms with Crippen LogP contribution in [0.5, 0.6) is 0 Å². The lowest BCUT2D eigenvalue weighted by molar-refractivity contribution is 0.00649. The first-order valence-corrected chi connectivity index (χ1v) is 6.59. The second-order valence-electron chi connectivity index (χ2n) is 5.82. The van der Waals surface area contributed by atoms with Crippen LogP contribution in [-0.4, -0.2) is 36.1 Å². The lowest BCUT2D eigenvalue weighted by Gasteiger charge is -2.50. The van der Waals surface area contributed by atoms with Crippen molar-refractivity contribution < 1.29 is 0 Å². The Labute approximate surface area is 101 Å². The summed E-state index contributed by atoms with van der Waals surface area (Å²) in [6, 6.07) is 0.747. The zero-order valence-corrected chi connectivity index (χ0v) is 11.4. The molecule has 2 atom stereocenters. The maximum atomic E-state index is 3.88. The van der Waals surface area contributed by atoms with Gasteiger partial charge in [-0.25, -0.2) is 0 Å². The maximum Gasteiger partial charge on any atom is 0.0168 e. The van der Waals surface area contributed by atoms with Crippen LogP contribution in [0.3, 0.4) is 0 Å². The van der Waals surface area contributed by atoms with Gasteiger partial charge in [0.1, 0.15) is 0 Å². The van der Waals surface area contributed by atoms with E-state index in [1.165, 1.54) is 19.4 Å². The second-order valence-corrected chi connectivity index (χ2v) is 5.82. The number of nitrogens with one attached hydrogen (secondary N) is 1. The average molecular weight is 224 g/mol. The third-order valence-corrected chi connectivity index (χ3v) is 3.62. The molecule has 0 aliphatic heterocycles. The van der Waals surface area contributed by atoms with Crippen LogP contribution < -0.4 is 5.32 Å². The molecule has 0 saturated heterocycles. The van der Waals surface area contributed by atoms with Crippen molar-refractivity contribution in [1.82, 2.24) is 10.2 Å². The van der Waals surface area contributed by atoms with Crippen LogP contribution in [0.25, 0.3) is 0 Å². The van der Waals surface area contributed by atoms with Crippen LogP contribution in [0.4, 0.5) is 0 Å². The molecule has 0 radical (unpaired) electrons. The highest BCUT2D eigenvalue weighted by atomic mass is 15.2. The van der Waals surface area contributed by atoms with Gasteiger partial charge in [0.25, 0.3) is 0 Å². The van der Waals surface area contributed by atoms with E-state index < -0.39 is 0 Å². The Hall–Kier alpha value is -0.340. The maximum absolute atomic E-state index is 3.88. The van der Waals surface area contributed by atoms with Crippen molar-refractivity contribution in [3.05, 3.63) is 12.7 Å². The molecule has 16 heavy (non-hydrogen) atoms. The molecular formula is C14H28N2. The minimum Gasteiger partial charge on any atom is -0.317 e. The molecule has 1 aliphatic rings. The molecule has 2 nitrogen and oxygen atoms in total. The van der Waals surface area contributed by atoms with Gasteiger partial charge in [-0.15, -0.1) is 6.58 Å². The van der Waals surface area contributed by atoms with Crippen molar-refractivity contribution in [1.29, 1.82) is 0 Å². The third-order valence-electron chi connectivity index (χ3n) is 3.62. The highest BCUT2D eigenvalue weighted by Crippen LogP contribution is 2.35. The second kappa shape index (κ2) is 5.83. The van der Waals surface area contributed by atoms with Crippen molar-refractivity contribution in [2.24, 2.45) is 5.92 Å². The number of rotatable bonds is 6. The smallest absolute Gasteiger partial charge is 0.0168 e. The van der Waals surface area contributed by atoms with E-state index >= 15 is 0 Å². The fourth-order valence-corrected chi connectivity index (χ4v) is 2.58. The minimum atomic E-state index is 0.254. The summed E-state index contributed by atoms with van der Waals surface area (Å²) >= 11 is 0. The van der Waals surface area contributed by atoms with Crippen LogP contribution >= 0.6 is 0 Å². The average Bonchev–Trinajstić information content (AvgIpc) is 2.14. The van der Waals surface area contributed by atoms with E-state index in [1.807, 2.05) is 6.08 Å². The summed E-state index contributed by atoms with van der Waals surface area (Å²) in [6.45, 7) is 16.2. The van der Waals surface area contributed by atoms with E-state index in [1.54, 1.807) is 0 Å². The third kappa shape index (κ3) is 3.33. The van der Waals surface area contributed by atoms with Crippen LogP contribution in [0, 0.1) is 5.92 Å². The Kier molecular flexibility index (Phi) is 5.00. The number of hydrogen-bond donors (Lipinski definition) is 1. The van der Waals surface area contributed by atoms with Gasteiger partial charge in [0.05, 0.1) is 0 Å². The summed E-state index contributed by atoms with van der Waals surface area (Å²) < 4.78 is 0. The van der Waals surface area contributed by atoms with E-state index in [0.717, 1.165) is 25.0 Å². The molecule has 0 amide bonds. The summed E-state index contributed by atoms with van der Waals surface area (Å²) in [5, 5.41) is 3.48. The number of nitrogens with zero attached hydrogens (tertiary/aromatic N) is 1. The summed E-state index contributed by atoms with van der Waals surface area (Å²) in [5.74, 6) is 0.833. The molecule has 0 bridgehead atoms. The molecule has 1 rings (SSSR count). The Morgan fingerprint density at radius 3 is 2.44 bits per heavy atom. The van der Waals surface area contributed by atoms with Crippen molar-refractivity contribution >= 4 is 0 Å². The molecule has 0 spiro atoms. The lowest BCUT2D eigenvalue weighted by Crippen LogP contribution is -2.57. The van der Waals surface area contributed by atoms with Crippen LogP contribution in [0.2, 0.25) is 0 Å². The SMILES string of the molecule is C=CCN(C1CCC1CNCC)C(C)(C)C. The molecule has 2 heteroatoms. The fraction of sp³-hybridized carbons (Fsp3) is 0.857. The zero-order chi connectivity index (χ0) is 12.2. The Morgan fingerprint density at radius 2 is 2.06 bits per heavy atom. The predicted octanol–water partition coefficient (Wildman–Crippen LogP) is 2.66. The molecular weight excluding hydrogens is 196 g/mol. The van der Waals surface area contributed by atoms with Gasteiger partial charge in [-0.1, -0.05) is 13.0 Å². The normalized spacial score (nSPS) is 25.6. The first-order valence-electron chi connectivity index (χ1n) is 6.59. The topological polar surface area (TPSA) is 15.3 Å². The van der Waals surface area contributed by atoms with Crippen molar-refractivity contribution in [3.8, 4) is 0 Å². The van der Waals surface area contributed by atoms with E-state index in [4.69, 9.17) is 0 Å². The Balaban J connectivity index is 2.54. The van der Waals surface area contributed by atoms with Gasteiger partial charge in [0.15, 0.2) is 0 Å². The molecule has 0 aromatic carbocycles. The highest BCUT2D eigenvalue weighted by molar-refractivity contribution is 4.96. The largest absolute Gasteiger partial charge is 0.317 e. The molecule has 0 aromatic rings. The van der Waals surface area contributed by atoms with Crippen molar-refractivity contribution in [2.45, 2.75) is 52.1 Å². The fourth-order valence-electron chi connectivity index (χ4n) is 2.58. The van der Waals surface area contributed by atoms with E-state index in [2.05, 4.69) is 44.5 Å². The molecule has 1 saturated carbocycles. The Bertz CT molecular complexity index is 217. The number of hydrogen-bond acceptors (Lipinski definition) is 2. The van der Waals surface area contributed by atoms with E-state index in [-0.39, 0.29) is 5.54 Å². The molecule has 0 aromatic heterocycles. The molecule has 1 aliphatic carbocycles. The minimum absolute atomic E-state index is 0.254. The highest BCUT2D eigenvalue weighted by Gasteiger charge is 2.38. The van der Waals surface area contributed by atoms with Gasteiger partial charge in [-0.3, -0.25) is 4.90 Å². The van der Waals surface area contributed by atoms with E-state index in [0.29, 0.717) is 0 Å². The molecule has 0 heterocycles. The van der Waals surface area contributed by atoms with Gasteiger partial charge < -0.3 is 5.32 Å².